The Morgan fingerprint density at radius 2 is 1.65 bits per heavy atom. The minimum absolute atomic E-state index is 0.293. The van der Waals surface area contributed by atoms with Crippen molar-refractivity contribution in [3.05, 3.63) is 89.4 Å². The van der Waals surface area contributed by atoms with Crippen LogP contribution in [-0.2, 0) is 0 Å². The van der Waals surface area contributed by atoms with E-state index in [1.165, 1.54) is 23.5 Å². The van der Waals surface area contributed by atoms with Gasteiger partial charge in [-0.1, -0.05) is 30.3 Å². The number of H-pyrrole nitrogens is 1. The Balaban J connectivity index is 1.40. The van der Waals surface area contributed by atoms with Gasteiger partial charge in [0.15, 0.2) is 0 Å². The molecule has 5 nitrogen and oxygen atoms in total. The normalized spacial score (nSPS) is 10.9. The fourth-order valence-electron chi connectivity index (χ4n) is 3.37. The number of fused-ring (bicyclic) bond motifs is 1. The lowest BCUT2D eigenvalue weighted by molar-refractivity contribution is 0.262. The molecule has 7 heteroatoms. The highest BCUT2D eigenvalue weighted by Crippen LogP contribution is 2.28. The van der Waals surface area contributed by atoms with Crippen LogP contribution in [0.25, 0.3) is 33.5 Å². The smallest absolute Gasteiger partial charge is 0.323 e. The quantitative estimate of drug-likeness (QED) is 0.297. The summed E-state index contributed by atoms with van der Waals surface area (Å²) in [6, 6.07) is 21.6. The summed E-state index contributed by atoms with van der Waals surface area (Å²) in [5.74, 6) is 0.371. The van der Waals surface area contributed by atoms with Crippen molar-refractivity contribution in [1.29, 1.82) is 0 Å². The van der Waals surface area contributed by atoms with E-state index in [9.17, 15) is 9.18 Å². The number of nitrogens with one attached hydrogen (secondary N) is 3. The summed E-state index contributed by atoms with van der Waals surface area (Å²) in [4.78, 5) is 20.0. The number of amides is 2. The molecule has 2 amide bonds. The lowest BCUT2D eigenvalue weighted by Gasteiger charge is -2.09. The molecule has 0 spiro atoms. The van der Waals surface area contributed by atoms with E-state index in [4.69, 9.17) is 0 Å². The van der Waals surface area contributed by atoms with Crippen molar-refractivity contribution in [3.8, 4) is 22.5 Å². The van der Waals surface area contributed by atoms with Crippen molar-refractivity contribution in [2.24, 2.45) is 0 Å². The van der Waals surface area contributed by atoms with Gasteiger partial charge in [-0.3, -0.25) is 0 Å². The second kappa shape index (κ2) is 8.04. The fraction of sp³-hybridized carbons (Fsp3) is 0. The van der Waals surface area contributed by atoms with E-state index in [1.54, 1.807) is 6.07 Å². The molecule has 0 saturated carbocycles. The summed E-state index contributed by atoms with van der Waals surface area (Å²) in [5.41, 5.74) is 5.64. The van der Waals surface area contributed by atoms with Crippen molar-refractivity contribution >= 4 is 39.8 Å². The van der Waals surface area contributed by atoms with Crippen LogP contribution in [0.5, 0.6) is 0 Å². The van der Waals surface area contributed by atoms with Gasteiger partial charge < -0.3 is 15.6 Å². The second-order valence-electron chi connectivity index (χ2n) is 7.00. The van der Waals surface area contributed by atoms with Gasteiger partial charge in [-0.15, -0.1) is 0 Å². The maximum Gasteiger partial charge on any atom is 0.323 e. The van der Waals surface area contributed by atoms with Gasteiger partial charge in [0.1, 0.15) is 11.6 Å². The van der Waals surface area contributed by atoms with Crippen LogP contribution in [0.15, 0.2) is 83.6 Å². The summed E-state index contributed by atoms with van der Waals surface area (Å²) in [5, 5.41) is 9.43. The van der Waals surface area contributed by atoms with Gasteiger partial charge in [-0.25, -0.2) is 14.2 Å². The van der Waals surface area contributed by atoms with Crippen LogP contribution in [0.1, 0.15) is 0 Å². The van der Waals surface area contributed by atoms with Crippen LogP contribution in [0.3, 0.4) is 0 Å². The Morgan fingerprint density at radius 3 is 2.48 bits per heavy atom. The van der Waals surface area contributed by atoms with E-state index in [1.807, 2.05) is 65.4 Å². The second-order valence-corrected chi connectivity index (χ2v) is 7.78. The largest absolute Gasteiger partial charge is 0.338 e. The van der Waals surface area contributed by atoms with E-state index in [-0.39, 0.29) is 11.8 Å². The van der Waals surface area contributed by atoms with E-state index >= 15 is 0 Å². The van der Waals surface area contributed by atoms with Crippen molar-refractivity contribution in [3.63, 3.8) is 0 Å². The van der Waals surface area contributed by atoms with Crippen LogP contribution in [0, 0.1) is 5.82 Å². The predicted octanol–water partition coefficient (Wildman–Crippen LogP) is 6.74. The van der Waals surface area contributed by atoms with Crippen LogP contribution in [0.4, 0.5) is 20.6 Å². The van der Waals surface area contributed by atoms with Gasteiger partial charge in [-0.05, 0) is 59.0 Å². The minimum Gasteiger partial charge on any atom is -0.338 e. The van der Waals surface area contributed by atoms with Crippen molar-refractivity contribution in [2.45, 2.75) is 0 Å². The first-order valence-corrected chi connectivity index (χ1v) is 10.5. The first-order chi connectivity index (χ1) is 15.1. The third kappa shape index (κ3) is 4.17. The summed E-state index contributed by atoms with van der Waals surface area (Å²) >= 11 is 1.52. The molecular formula is C24H17FN4OS. The first kappa shape index (κ1) is 19.0. The van der Waals surface area contributed by atoms with Crippen LogP contribution in [0.2, 0.25) is 0 Å². The summed E-state index contributed by atoms with van der Waals surface area (Å²) in [6.07, 6.45) is 0. The predicted molar refractivity (Wildman–Crippen MR) is 124 cm³/mol. The fourth-order valence-corrected chi connectivity index (χ4v) is 3.96. The molecule has 0 bridgehead atoms. The van der Waals surface area contributed by atoms with E-state index in [2.05, 4.69) is 20.6 Å². The number of benzene rings is 3. The number of anilines is 2. The number of thiophene rings is 1. The molecule has 0 atom stereocenters. The zero-order chi connectivity index (χ0) is 21.2. The molecule has 0 aliphatic rings. The molecule has 2 aromatic heterocycles. The number of hydrogen-bond donors (Lipinski definition) is 3. The average Bonchev–Trinajstić information content (AvgIpc) is 3.43. The van der Waals surface area contributed by atoms with Gasteiger partial charge >= 0.3 is 6.03 Å². The number of carbonyl (C=O) groups excluding carboxylic acids is 1. The molecule has 2 heterocycles. The zero-order valence-corrected chi connectivity index (χ0v) is 17.0. The molecule has 0 aliphatic carbocycles. The Morgan fingerprint density at radius 1 is 0.871 bits per heavy atom. The molecule has 0 radical (unpaired) electrons. The summed E-state index contributed by atoms with van der Waals surface area (Å²) in [7, 11) is 0. The van der Waals surface area contributed by atoms with Gasteiger partial charge in [0.05, 0.1) is 16.7 Å². The van der Waals surface area contributed by atoms with Gasteiger partial charge in [0, 0.05) is 16.6 Å². The molecule has 3 aromatic carbocycles. The number of nitrogens with zero attached hydrogens (tertiary/aromatic N) is 1. The minimum atomic E-state index is -0.302. The Hall–Kier alpha value is -3.97. The molecule has 0 fully saturated rings. The molecule has 3 N–H and O–H groups in total. The lowest BCUT2D eigenvalue weighted by atomic mass is 10.0. The van der Waals surface area contributed by atoms with E-state index < -0.39 is 0 Å². The monoisotopic (exact) mass is 428 g/mol. The third-order valence-electron chi connectivity index (χ3n) is 4.81. The molecule has 0 aliphatic heterocycles. The highest BCUT2D eigenvalue weighted by molar-refractivity contribution is 7.08. The maximum absolute atomic E-state index is 13.5. The standard InChI is InChI=1S/C24H17FN4OS/c25-18-7-8-21-22(13-18)29-23(28-21)17-5-1-3-15(11-17)16-4-2-6-19(12-16)26-24(30)27-20-9-10-31-14-20/h1-14H,(H,28,29)(H2,26,27,30). The highest BCUT2D eigenvalue weighted by Gasteiger charge is 2.09. The van der Waals surface area contributed by atoms with Crippen LogP contribution in [-0.4, -0.2) is 16.0 Å². The lowest BCUT2D eigenvalue weighted by Crippen LogP contribution is -2.18. The van der Waals surface area contributed by atoms with Crippen molar-refractivity contribution in [2.75, 3.05) is 10.6 Å². The van der Waals surface area contributed by atoms with Crippen molar-refractivity contribution < 1.29 is 9.18 Å². The first-order valence-electron chi connectivity index (χ1n) is 9.60. The maximum atomic E-state index is 13.5. The third-order valence-corrected chi connectivity index (χ3v) is 5.50. The molecule has 31 heavy (non-hydrogen) atoms. The van der Waals surface area contributed by atoms with E-state index in [0.717, 1.165) is 22.4 Å². The summed E-state index contributed by atoms with van der Waals surface area (Å²) < 4.78 is 13.5. The molecule has 152 valence electrons. The zero-order valence-electron chi connectivity index (χ0n) is 16.2. The number of aromatic amines is 1. The Bertz CT molecular complexity index is 1380. The van der Waals surface area contributed by atoms with Gasteiger partial charge in [-0.2, -0.15) is 11.3 Å². The number of carbonyl (C=O) groups is 1. The van der Waals surface area contributed by atoms with Crippen LogP contribution < -0.4 is 10.6 Å². The average molecular weight is 428 g/mol. The van der Waals surface area contributed by atoms with E-state index in [0.29, 0.717) is 22.5 Å². The molecular weight excluding hydrogens is 411 g/mol. The SMILES string of the molecule is O=C(Nc1ccsc1)Nc1cccc(-c2cccc(-c3nc4ccc(F)cc4[nH]3)c2)c1. The highest BCUT2D eigenvalue weighted by atomic mass is 32.1. The van der Waals surface area contributed by atoms with Gasteiger partial charge in [0.2, 0.25) is 0 Å². The molecule has 5 aromatic rings. The summed E-state index contributed by atoms with van der Waals surface area (Å²) in [6.45, 7) is 0. The molecule has 5 rings (SSSR count). The van der Waals surface area contributed by atoms with Crippen molar-refractivity contribution in [1.82, 2.24) is 9.97 Å². The number of aromatic nitrogens is 2. The Kier molecular flexibility index (Phi) is 4.93. The Labute approximate surface area is 181 Å². The number of hydrogen-bond acceptors (Lipinski definition) is 3. The number of urea groups is 1. The molecule has 0 unspecified atom stereocenters. The number of imidazole rings is 1. The number of rotatable bonds is 4. The number of halogens is 1. The van der Waals surface area contributed by atoms with Gasteiger partial charge in [0.25, 0.3) is 0 Å². The molecule has 0 saturated heterocycles. The van der Waals surface area contributed by atoms with Crippen LogP contribution >= 0.6 is 11.3 Å². The topological polar surface area (TPSA) is 69.8 Å².